The van der Waals surface area contributed by atoms with Gasteiger partial charge in [0.05, 0.1) is 6.10 Å². The Kier molecular flexibility index (Phi) is 2.55. The minimum atomic E-state index is -0.856. The van der Waals surface area contributed by atoms with Gasteiger partial charge >= 0.3 is 6.09 Å². The molecule has 0 aromatic heterocycles. The number of benzene rings is 1. The molecule has 1 aromatic rings. The lowest BCUT2D eigenvalue weighted by Gasteiger charge is -2.41. The lowest BCUT2D eigenvalue weighted by Crippen LogP contribution is -2.48. The second-order valence-corrected chi connectivity index (χ2v) is 5.30. The average Bonchev–Trinajstić information content (AvgIpc) is 2.64. The van der Waals surface area contributed by atoms with Crippen molar-refractivity contribution in [3.63, 3.8) is 0 Å². The van der Waals surface area contributed by atoms with Crippen LogP contribution >= 0.6 is 0 Å². The summed E-state index contributed by atoms with van der Waals surface area (Å²) < 4.78 is 0. The van der Waals surface area contributed by atoms with Crippen molar-refractivity contribution in [2.45, 2.75) is 30.8 Å². The van der Waals surface area contributed by atoms with Gasteiger partial charge in [0.1, 0.15) is 0 Å². The zero-order valence-electron chi connectivity index (χ0n) is 10.2. The van der Waals surface area contributed by atoms with Gasteiger partial charge in [-0.25, -0.2) is 4.79 Å². The molecular formula is C14H17NO3. The van der Waals surface area contributed by atoms with Gasteiger partial charge in [-0.15, -0.1) is 0 Å². The molecule has 2 N–H and O–H groups in total. The van der Waals surface area contributed by atoms with E-state index >= 15 is 0 Å². The van der Waals surface area contributed by atoms with Crippen molar-refractivity contribution < 1.29 is 15.0 Å². The lowest BCUT2D eigenvalue weighted by molar-refractivity contribution is 0.0436. The summed E-state index contributed by atoms with van der Waals surface area (Å²) in [6.45, 7) is 1.03. The summed E-state index contributed by atoms with van der Waals surface area (Å²) in [7, 11) is 0. The summed E-state index contributed by atoms with van der Waals surface area (Å²) in [6.07, 6.45) is 0.912. The third-order valence-electron chi connectivity index (χ3n) is 4.53. The fourth-order valence-electron chi connectivity index (χ4n) is 3.47. The molecule has 1 aliphatic carbocycles. The quantitative estimate of drug-likeness (QED) is 0.732. The molecule has 0 saturated carbocycles. The standard InChI is InChI=1S/C14H17NO3/c16-12-9-10-3-1-2-4-11(10)14(12)5-7-15(8-6-14)13(17)18/h1-4,12,16H,5-9H2,(H,17,18). The Labute approximate surface area is 106 Å². The van der Waals surface area contributed by atoms with Crippen LogP contribution in [-0.4, -0.2) is 40.4 Å². The number of hydrogen-bond acceptors (Lipinski definition) is 2. The first-order valence-electron chi connectivity index (χ1n) is 6.38. The van der Waals surface area contributed by atoms with Crippen LogP contribution in [0.2, 0.25) is 0 Å². The van der Waals surface area contributed by atoms with Gasteiger partial charge < -0.3 is 15.1 Å². The number of aliphatic hydroxyl groups excluding tert-OH is 1. The predicted octanol–water partition coefficient (Wildman–Crippen LogP) is 1.62. The number of fused-ring (bicyclic) bond motifs is 2. The van der Waals surface area contributed by atoms with E-state index in [9.17, 15) is 9.90 Å². The summed E-state index contributed by atoms with van der Waals surface area (Å²) in [6, 6.07) is 8.15. The molecule has 1 aliphatic heterocycles. The highest BCUT2D eigenvalue weighted by Crippen LogP contribution is 2.46. The number of rotatable bonds is 0. The summed E-state index contributed by atoms with van der Waals surface area (Å²) in [5, 5.41) is 19.4. The second-order valence-electron chi connectivity index (χ2n) is 5.30. The predicted molar refractivity (Wildman–Crippen MR) is 66.7 cm³/mol. The maximum absolute atomic E-state index is 10.9. The Morgan fingerprint density at radius 3 is 2.61 bits per heavy atom. The van der Waals surface area contributed by atoms with E-state index in [2.05, 4.69) is 12.1 Å². The SMILES string of the molecule is O=C(O)N1CCC2(CC1)c1ccccc1CC2O. The Balaban J connectivity index is 1.90. The number of piperidine rings is 1. The first kappa shape index (κ1) is 11.5. The molecule has 1 fully saturated rings. The molecule has 4 nitrogen and oxygen atoms in total. The van der Waals surface area contributed by atoms with E-state index < -0.39 is 6.09 Å². The molecule has 0 bridgehead atoms. The number of hydrogen-bond donors (Lipinski definition) is 2. The van der Waals surface area contributed by atoms with Gasteiger partial charge in [0.15, 0.2) is 0 Å². The van der Waals surface area contributed by atoms with Crippen LogP contribution < -0.4 is 0 Å². The molecule has 0 radical (unpaired) electrons. The summed E-state index contributed by atoms with van der Waals surface area (Å²) >= 11 is 0. The van der Waals surface area contributed by atoms with Gasteiger partial charge in [-0.3, -0.25) is 0 Å². The maximum Gasteiger partial charge on any atom is 0.407 e. The molecule has 1 heterocycles. The Morgan fingerprint density at radius 1 is 1.28 bits per heavy atom. The van der Waals surface area contributed by atoms with E-state index in [0.717, 1.165) is 12.8 Å². The Hall–Kier alpha value is -1.55. The second kappa shape index (κ2) is 3.99. The van der Waals surface area contributed by atoms with Gasteiger partial charge in [-0.05, 0) is 30.4 Å². The fourth-order valence-corrected chi connectivity index (χ4v) is 3.47. The van der Waals surface area contributed by atoms with Crippen molar-refractivity contribution in [3.8, 4) is 0 Å². The summed E-state index contributed by atoms with van der Waals surface area (Å²) in [4.78, 5) is 12.4. The maximum atomic E-state index is 10.9. The third kappa shape index (κ3) is 1.52. The average molecular weight is 247 g/mol. The molecular weight excluding hydrogens is 230 g/mol. The van der Waals surface area contributed by atoms with E-state index in [1.165, 1.54) is 16.0 Å². The van der Waals surface area contributed by atoms with E-state index in [0.29, 0.717) is 19.5 Å². The van der Waals surface area contributed by atoms with E-state index in [1.807, 2.05) is 12.1 Å². The lowest BCUT2D eigenvalue weighted by atomic mass is 9.72. The molecule has 1 aromatic carbocycles. The van der Waals surface area contributed by atoms with Crippen LogP contribution in [0.1, 0.15) is 24.0 Å². The largest absolute Gasteiger partial charge is 0.465 e. The number of likely N-dealkylation sites (tertiary alicyclic amines) is 1. The van der Waals surface area contributed by atoms with Crippen molar-refractivity contribution in [3.05, 3.63) is 35.4 Å². The molecule has 1 saturated heterocycles. The number of carboxylic acid groups (broad SMARTS) is 1. The van der Waals surface area contributed by atoms with Gasteiger partial charge in [0, 0.05) is 18.5 Å². The highest BCUT2D eigenvalue weighted by molar-refractivity contribution is 5.65. The number of nitrogens with zero attached hydrogens (tertiary/aromatic N) is 1. The molecule has 2 aliphatic rings. The first-order valence-corrected chi connectivity index (χ1v) is 6.38. The smallest absolute Gasteiger partial charge is 0.407 e. The fraction of sp³-hybridized carbons (Fsp3) is 0.500. The van der Waals surface area contributed by atoms with E-state index in [-0.39, 0.29) is 11.5 Å². The Morgan fingerprint density at radius 2 is 1.94 bits per heavy atom. The van der Waals surface area contributed by atoms with Crippen molar-refractivity contribution >= 4 is 6.09 Å². The molecule has 1 spiro atoms. The monoisotopic (exact) mass is 247 g/mol. The van der Waals surface area contributed by atoms with Crippen LogP contribution in [-0.2, 0) is 11.8 Å². The zero-order chi connectivity index (χ0) is 12.8. The van der Waals surface area contributed by atoms with Crippen LogP contribution in [0.25, 0.3) is 0 Å². The number of aliphatic hydroxyl groups is 1. The van der Waals surface area contributed by atoms with Gasteiger partial charge in [-0.2, -0.15) is 0 Å². The normalized spacial score (nSPS) is 25.2. The molecule has 1 atom stereocenters. The highest BCUT2D eigenvalue weighted by Gasteiger charge is 2.47. The van der Waals surface area contributed by atoms with Crippen molar-refractivity contribution in [1.82, 2.24) is 4.90 Å². The molecule has 1 unspecified atom stereocenters. The van der Waals surface area contributed by atoms with Crippen LogP contribution in [0, 0.1) is 0 Å². The van der Waals surface area contributed by atoms with Gasteiger partial charge in [-0.1, -0.05) is 24.3 Å². The van der Waals surface area contributed by atoms with Crippen LogP contribution in [0.4, 0.5) is 4.79 Å². The summed E-state index contributed by atoms with van der Waals surface area (Å²) in [5.74, 6) is 0. The minimum Gasteiger partial charge on any atom is -0.465 e. The first-order chi connectivity index (χ1) is 8.63. The molecule has 96 valence electrons. The highest BCUT2D eigenvalue weighted by atomic mass is 16.4. The third-order valence-corrected chi connectivity index (χ3v) is 4.53. The van der Waals surface area contributed by atoms with Crippen molar-refractivity contribution in [2.75, 3.05) is 13.1 Å². The molecule has 18 heavy (non-hydrogen) atoms. The van der Waals surface area contributed by atoms with Crippen molar-refractivity contribution in [1.29, 1.82) is 0 Å². The Bertz CT molecular complexity index is 478. The number of carbonyl (C=O) groups is 1. The van der Waals surface area contributed by atoms with E-state index in [1.54, 1.807) is 0 Å². The van der Waals surface area contributed by atoms with Crippen LogP contribution in [0.3, 0.4) is 0 Å². The van der Waals surface area contributed by atoms with Crippen molar-refractivity contribution in [2.24, 2.45) is 0 Å². The molecule has 1 amide bonds. The zero-order valence-corrected chi connectivity index (χ0v) is 10.2. The van der Waals surface area contributed by atoms with Crippen LogP contribution in [0.5, 0.6) is 0 Å². The molecule has 3 rings (SSSR count). The number of amides is 1. The van der Waals surface area contributed by atoms with Gasteiger partial charge in [0.2, 0.25) is 0 Å². The van der Waals surface area contributed by atoms with Crippen LogP contribution in [0.15, 0.2) is 24.3 Å². The van der Waals surface area contributed by atoms with Gasteiger partial charge in [0.25, 0.3) is 0 Å². The summed E-state index contributed by atoms with van der Waals surface area (Å²) in [5.41, 5.74) is 2.22. The topological polar surface area (TPSA) is 60.8 Å². The molecule has 4 heteroatoms. The van der Waals surface area contributed by atoms with E-state index in [4.69, 9.17) is 5.11 Å². The minimum absolute atomic E-state index is 0.220.